The smallest absolute Gasteiger partial charge is 0.430 e. The van der Waals surface area contributed by atoms with Crippen molar-refractivity contribution in [2.24, 2.45) is 5.73 Å². The molecule has 1 heterocycles. The van der Waals surface area contributed by atoms with Gasteiger partial charge in [0.25, 0.3) is 11.0 Å². The highest BCUT2D eigenvalue weighted by molar-refractivity contribution is 9.10. The average molecular weight is 354 g/mol. The molecule has 0 aliphatic rings. The van der Waals surface area contributed by atoms with Gasteiger partial charge in [-0.3, -0.25) is 0 Å². The van der Waals surface area contributed by atoms with Crippen LogP contribution in [0.5, 0.6) is 10.9 Å². The van der Waals surface area contributed by atoms with Crippen molar-refractivity contribution in [1.29, 1.82) is 0 Å². The van der Waals surface area contributed by atoms with Gasteiger partial charge in [-0.05, 0) is 18.2 Å². The average Bonchev–Trinajstić information content (AvgIpc) is 2.79. The lowest BCUT2D eigenvalue weighted by Gasteiger charge is -2.07. The first-order chi connectivity index (χ1) is 8.90. The molecule has 2 aromatic rings. The molecule has 2 rings (SSSR count). The molecule has 2 N–H and O–H groups in total. The zero-order valence-electron chi connectivity index (χ0n) is 9.24. The molecule has 0 radical (unpaired) electrons. The molecule has 1 aromatic carbocycles. The predicted molar refractivity (Wildman–Crippen MR) is 67.0 cm³/mol. The van der Waals surface area contributed by atoms with Gasteiger partial charge in [0.05, 0.1) is 0 Å². The number of alkyl halides is 3. The molecular formula is C10H7BrF3N3OS. The Balaban J connectivity index is 2.24. The number of hydrogen-bond donors (Lipinski definition) is 1. The Morgan fingerprint density at radius 1 is 1.37 bits per heavy atom. The Bertz CT molecular complexity index is 588. The van der Waals surface area contributed by atoms with Crippen molar-refractivity contribution in [2.75, 3.05) is 0 Å². The fourth-order valence-electron chi connectivity index (χ4n) is 1.27. The third-order valence-electron chi connectivity index (χ3n) is 2.10. The molecule has 9 heteroatoms. The normalized spacial score (nSPS) is 11.6. The van der Waals surface area contributed by atoms with E-state index in [0.717, 1.165) is 4.47 Å². The third-order valence-corrected chi connectivity index (χ3v) is 3.19. The summed E-state index contributed by atoms with van der Waals surface area (Å²) in [6.07, 6.45) is -4.57. The van der Waals surface area contributed by atoms with Gasteiger partial charge in [0.1, 0.15) is 5.75 Å². The summed E-state index contributed by atoms with van der Waals surface area (Å²) in [4.78, 5) is 3.28. The third kappa shape index (κ3) is 3.43. The molecule has 1 aromatic heterocycles. The van der Waals surface area contributed by atoms with Crippen LogP contribution in [-0.4, -0.2) is 9.36 Å². The Morgan fingerprint density at radius 2 is 2.11 bits per heavy atom. The highest BCUT2D eigenvalue weighted by Gasteiger charge is 2.36. The van der Waals surface area contributed by atoms with Crippen molar-refractivity contribution in [3.05, 3.63) is 34.1 Å². The molecular weight excluding hydrogens is 347 g/mol. The van der Waals surface area contributed by atoms with E-state index >= 15 is 0 Å². The number of benzene rings is 1. The van der Waals surface area contributed by atoms with Crippen molar-refractivity contribution in [3.63, 3.8) is 0 Å². The highest BCUT2D eigenvalue weighted by atomic mass is 79.9. The second kappa shape index (κ2) is 5.43. The fourth-order valence-corrected chi connectivity index (χ4v) is 2.24. The van der Waals surface area contributed by atoms with Crippen LogP contribution in [0.2, 0.25) is 0 Å². The second-order valence-corrected chi connectivity index (χ2v) is 5.07. The van der Waals surface area contributed by atoms with Crippen LogP contribution in [0, 0.1) is 0 Å². The second-order valence-electron chi connectivity index (χ2n) is 3.44. The predicted octanol–water partition coefficient (Wildman–Crippen LogP) is 3.57. The van der Waals surface area contributed by atoms with Crippen LogP contribution < -0.4 is 10.5 Å². The fraction of sp³-hybridized carbons (Fsp3) is 0.200. The van der Waals surface area contributed by atoms with Crippen LogP contribution in [0.3, 0.4) is 0 Å². The minimum Gasteiger partial charge on any atom is -0.430 e. The maximum Gasteiger partial charge on any atom is 0.452 e. The van der Waals surface area contributed by atoms with Gasteiger partial charge in [-0.1, -0.05) is 15.9 Å². The zero-order chi connectivity index (χ0) is 14.0. The van der Waals surface area contributed by atoms with Crippen molar-refractivity contribution < 1.29 is 17.9 Å². The van der Waals surface area contributed by atoms with Gasteiger partial charge in [0.2, 0.25) is 0 Å². The molecule has 0 aliphatic heterocycles. The van der Waals surface area contributed by atoms with Crippen molar-refractivity contribution in [1.82, 2.24) is 9.36 Å². The molecule has 102 valence electrons. The molecule has 0 unspecified atom stereocenters. The lowest BCUT2D eigenvalue weighted by atomic mass is 10.2. The molecule has 0 saturated heterocycles. The Labute approximate surface area is 118 Å². The van der Waals surface area contributed by atoms with Crippen molar-refractivity contribution in [2.45, 2.75) is 12.7 Å². The van der Waals surface area contributed by atoms with Gasteiger partial charge >= 0.3 is 6.18 Å². The summed E-state index contributed by atoms with van der Waals surface area (Å²) in [5.41, 5.74) is 6.19. The maximum atomic E-state index is 12.3. The van der Waals surface area contributed by atoms with Gasteiger partial charge in [0, 0.05) is 28.1 Å². The summed E-state index contributed by atoms with van der Waals surface area (Å²) >= 11 is 3.81. The summed E-state index contributed by atoms with van der Waals surface area (Å²) in [6.45, 7) is 0.194. The topological polar surface area (TPSA) is 61.0 Å². The highest BCUT2D eigenvalue weighted by Crippen LogP contribution is 2.33. The molecule has 0 spiro atoms. The maximum absolute atomic E-state index is 12.3. The zero-order valence-corrected chi connectivity index (χ0v) is 11.6. The molecule has 19 heavy (non-hydrogen) atoms. The molecule has 0 atom stereocenters. The van der Waals surface area contributed by atoms with Crippen molar-refractivity contribution in [3.8, 4) is 10.9 Å². The first-order valence-electron chi connectivity index (χ1n) is 4.97. The number of rotatable bonds is 3. The van der Waals surface area contributed by atoms with E-state index in [-0.39, 0.29) is 11.7 Å². The molecule has 4 nitrogen and oxygen atoms in total. The standard InChI is InChI=1S/C10H7BrF3N3OS/c11-6-1-2-7(5(3-6)4-15)18-9-16-8(17-19-9)10(12,13)14/h1-3H,4,15H2. The number of halogens is 4. The quantitative estimate of drug-likeness (QED) is 0.916. The lowest BCUT2D eigenvalue weighted by Crippen LogP contribution is -2.07. The summed E-state index contributed by atoms with van der Waals surface area (Å²) in [7, 11) is 0. The van der Waals surface area contributed by atoms with E-state index < -0.39 is 12.0 Å². The molecule has 0 aliphatic carbocycles. The molecule has 0 saturated carbocycles. The first kappa shape index (κ1) is 14.2. The minimum atomic E-state index is -4.57. The van der Waals surface area contributed by atoms with E-state index in [2.05, 4.69) is 25.3 Å². The molecule has 0 bridgehead atoms. The van der Waals surface area contributed by atoms with Gasteiger partial charge in [-0.15, -0.1) is 0 Å². The van der Waals surface area contributed by atoms with Gasteiger partial charge in [0.15, 0.2) is 0 Å². The van der Waals surface area contributed by atoms with Crippen LogP contribution in [0.15, 0.2) is 22.7 Å². The van der Waals surface area contributed by atoms with E-state index in [9.17, 15) is 13.2 Å². The van der Waals surface area contributed by atoms with Crippen LogP contribution in [-0.2, 0) is 12.7 Å². The van der Waals surface area contributed by atoms with Crippen LogP contribution in [0.25, 0.3) is 0 Å². The number of nitrogens with zero attached hydrogens (tertiary/aromatic N) is 2. The van der Waals surface area contributed by atoms with E-state index in [0.29, 0.717) is 22.8 Å². The SMILES string of the molecule is NCc1cc(Br)ccc1Oc1nc(C(F)(F)F)ns1. The number of ether oxygens (including phenoxy) is 1. The van der Waals surface area contributed by atoms with E-state index in [1.54, 1.807) is 18.2 Å². The summed E-state index contributed by atoms with van der Waals surface area (Å²) < 4.78 is 46.3. The summed E-state index contributed by atoms with van der Waals surface area (Å²) in [5, 5.41) is -0.177. The van der Waals surface area contributed by atoms with Gasteiger partial charge < -0.3 is 10.5 Å². The number of hydrogen-bond acceptors (Lipinski definition) is 5. The Morgan fingerprint density at radius 3 is 2.68 bits per heavy atom. The largest absolute Gasteiger partial charge is 0.452 e. The number of aromatic nitrogens is 2. The van der Waals surface area contributed by atoms with E-state index in [4.69, 9.17) is 10.5 Å². The molecule has 0 amide bonds. The number of nitrogens with two attached hydrogens (primary N) is 1. The monoisotopic (exact) mass is 353 g/mol. The Hall–Kier alpha value is -1.19. The van der Waals surface area contributed by atoms with E-state index in [1.165, 1.54) is 0 Å². The van der Waals surface area contributed by atoms with Gasteiger partial charge in [-0.25, -0.2) is 0 Å². The summed E-state index contributed by atoms with van der Waals surface area (Å²) in [5.74, 6) is -0.852. The Kier molecular flexibility index (Phi) is 4.07. The van der Waals surface area contributed by atoms with Crippen LogP contribution in [0.4, 0.5) is 13.2 Å². The summed E-state index contributed by atoms with van der Waals surface area (Å²) in [6, 6.07) is 5.02. The van der Waals surface area contributed by atoms with Gasteiger partial charge in [-0.2, -0.15) is 22.5 Å². The first-order valence-corrected chi connectivity index (χ1v) is 6.54. The molecule has 0 fully saturated rings. The van der Waals surface area contributed by atoms with Crippen LogP contribution >= 0.6 is 27.5 Å². The lowest BCUT2D eigenvalue weighted by molar-refractivity contribution is -0.144. The van der Waals surface area contributed by atoms with Crippen molar-refractivity contribution >= 4 is 27.5 Å². The van der Waals surface area contributed by atoms with Crippen LogP contribution in [0.1, 0.15) is 11.4 Å². The van der Waals surface area contributed by atoms with E-state index in [1.807, 2.05) is 0 Å². The minimum absolute atomic E-state index is 0.177.